The van der Waals surface area contributed by atoms with Gasteiger partial charge in [-0.1, -0.05) is 42.1 Å². The molecule has 0 saturated heterocycles. The second-order valence-electron chi connectivity index (χ2n) is 4.91. The zero-order valence-electron chi connectivity index (χ0n) is 13.6. The van der Waals surface area contributed by atoms with Gasteiger partial charge in [-0.2, -0.15) is 0 Å². The Bertz CT molecular complexity index is 595. The minimum absolute atomic E-state index is 0. The standard InChI is InChI=1S/C18H23N3S.HI/c1-3-21(4-2)18(19)20-14-15-10-12-17(13-11-15)22-16-8-6-5-7-9-16;/h5-13H,3-4,14H2,1-2H3,(H2,19,20);1H. The van der Waals surface area contributed by atoms with E-state index in [1.165, 1.54) is 15.4 Å². The predicted molar refractivity (Wildman–Crippen MR) is 111 cm³/mol. The van der Waals surface area contributed by atoms with Gasteiger partial charge in [0.15, 0.2) is 5.96 Å². The number of aliphatic imine (C=N–C) groups is 1. The lowest BCUT2D eigenvalue weighted by atomic mass is 10.2. The van der Waals surface area contributed by atoms with Crippen LogP contribution in [-0.2, 0) is 6.54 Å². The Hall–Kier alpha value is -1.21. The fraction of sp³-hybridized carbons (Fsp3) is 0.278. The first-order chi connectivity index (χ1) is 10.7. The molecule has 0 aliphatic heterocycles. The Kier molecular flexibility index (Phi) is 9.09. The van der Waals surface area contributed by atoms with E-state index < -0.39 is 0 Å². The first-order valence-corrected chi connectivity index (χ1v) is 8.41. The maximum atomic E-state index is 5.99. The fourth-order valence-electron chi connectivity index (χ4n) is 2.11. The maximum Gasteiger partial charge on any atom is 0.191 e. The highest BCUT2D eigenvalue weighted by molar-refractivity contribution is 14.0. The average molecular weight is 441 g/mol. The summed E-state index contributed by atoms with van der Waals surface area (Å²) >= 11 is 1.76. The van der Waals surface area contributed by atoms with Crippen LogP contribution in [0.5, 0.6) is 0 Å². The van der Waals surface area contributed by atoms with Crippen molar-refractivity contribution in [2.45, 2.75) is 30.2 Å². The fourth-order valence-corrected chi connectivity index (χ4v) is 2.94. The number of halogens is 1. The first-order valence-electron chi connectivity index (χ1n) is 7.59. The molecule has 2 N–H and O–H groups in total. The summed E-state index contributed by atoms with van der Waals surface area (Å²) in [5, 5.41) is 0. The smallest absolute Gasteiger partial charge is 0.191 e. The van der Waals surface area contributed by atoms with E-state index in [1.807, 2.05) is 6.07 Å². The van der Waals surface area contributed by atoms with Crippen LogP contribution < -0.4 is 5.73 Å². The summed E-state index contributed by atoms with van der Waals surface area (Å²) in [5.41, 5.74) is 7.16. The van der Waals surface area contributed by atoms with Gasteiger partial charge >= 0.3 is 0 Å². The molecule has 0 unspecified atom stereocenters. The minimum atomic E-state index is 0. The molecule has 0 bridgehead atoms. The number of hydrogen-bond donors (Lipinski definition) is 1. The van der Waals surface area contributed by atoms with Crippen molar-refractivity contribution in [1.29, 1.82) is 0 Å². The van der Waals surface area contributed by atoms with Crippen molar-refractivity contribution in [3.05, 3.63) is 60.2 Å². The highest BCUT2D eigenvalue weighted by Crippen LogP contribution is 2.27. The zero-order valence-corrected chi connectivity index (χ0v) is 16.8. The molecule has 2 aromatic carbocycles. The number of hydrogen-bond acceptors (Lipinski definition) is 2. The molecule has 0 heterocycles. The zero-order chi connectivity index (χ0) is 15.8. The van der Waals surface area contributed by atoms with Crippen molar-refractivity contribution < 1.29 is 0 Å². The molecule has 0 spiro atoms. The van der Waals surface area contributed by atoms with E-state index in [0.717, 1.165) is 13.1 Å². The lowest BCUT2D eigenvalue weighted by molar-refractivity contribution is 0.458. The molecule has 2 aromatic rings. The summed E-state index contributed by atoms with van der Waals surface area (Å²) in [5.74, 6) is 0.618. The SMILES string of the molecule is CCN(CC)C(N)=NCc1ccc(Sc2ccccc2)cc1.I. The van der Waals surface area contributed by atoms with E-state index in [0.29, 0.717) is 12.5 Å². The monoisotopic (exact) mass is 441 g/mol. The lowest BCUT2D eigenvalue weighted by Crippen LogP contribution is -2.37. The molecule has 0 fully saturated rings. The highest BCUT2D eigenvalue weighted by Gasteiger charge is 2.02. The average Bonchev–Trinajstić information content (AvgIpc) is 2.56. The van der Waals surface area contributed by atoms with Crippen LogP contribution in [0.4, 0.5) is 0 Å². The van der Waals surface area contributed by atoms with Gasteiger partial charge in [-0.25, -0.2) is 4.99 Å². The van der Waals surface area contributed by atoms with Crippen molar-refractivity contribution in [2.75, 3.05) is 13.1 Å². The lowest BCUT2D eigenvalue weighted by Gasteiger charge is -2.19. The van der Waals surface area contributed by atoms with Gasteiger partial charge in [0, 0.05) is 22.9 Å². The van der Waals surface area contributed by atoms with Gasteiger partial charge in [-0.05, 0) is 43.7 Å². The van der Waals surface area contributed by atoms with Crippen LogP contribution in [0.3, 0.4) is 0 Å². The van der Waals surface area contributed by atoms with Gasteiger partial charge in [-0.3, -0.25) is 0 Å². The van der Waals surface area contributed by atoms with E-state index in [2.05, 4.69) is 72.3 Å². The Morgan fingerprint density at radius 3 is 2.09 bits per heavy atom. The highest BCUT2D eigenvalue weighted by atomic mass is 127. The molecule has 0 aromatic heterocycles. The minimum Gasteiger partial charge on any atom is -0.370 e. The summed E-state index contributed by atoms with van der Waals surface area (Å²) in [6, 6.07) is 18.9. The third kappa shape index (κ3) is 6.43. The van der Waals surface area contributed by atoms with Crippen LogP contribution >= 0.6 is 35.7 Å². The van der Waals surface area contributed by atoms with Crippen molar-refractivity contribution in [2.24, 2.45) is 10.7 Å². The van der Waals surface area contributed by atoms with Crippen molar-refractivity contribution in [1.82, 2.24) is 4.90 Å². The molecule has 0 saturated carbocycles. The molecule has 0 amide bonds. The van der Waals surface area contributed by atoms with Crippen molar-refractivity contribution in [3.63, 3.8) is 0 Å². The molecule has 0 radical (unpaired) electrons. The number of guanidine groups is 1. The molecule has 124 valence electrons. The molecule has 0 atom stereocenters. The third-order valence-corrected chi connectivity index (χ3v) is 4.43. The van der Waals surface area contributed by atoms with Gasteiger partial charge in [0.25, 0.3) is 0 Å². The van der Waals surface area contributed by atoms with E-state index in [-0.39, 0.29) is 24.0 Å². The van der Waals surface area contributed by atoms with E-state index >= 15 is 0 Å². The summed E-state index contributed by atoms with van der Waals surface area (Å²) in [6.07, 6.45) is 0. The Morgan fingerprint density at radius 2 is 1.52 bits per heavy atom. The van der Waals surface area contributed by atoms with Crippen molar-refractivity contribution in [3.8, 4) is 0 Å². The second kappa shape index (κ2) is 10.5. The number of nitrogens with zero attached hydrogens (tertiary/aromatic N) is 2. The third-order valence-electron chi connectivity index (χ3n) is 3.41. The molecule has 2 rings (SSSR count). The molecule has 0 aliphatic carbocycles. The summed E-state index contributed by atoms with van der Waals surface area (Å²) in [6.45, 7) is 6.57. The van der Waals surface area contributed by atoms with Crippen LogP contribution in [0.25, 0.3) is 0 Å². The van der Waals surface area contributed by atoms with Gasteiger partial charge in [0.05, 0.1) is 6.54 Å². The molecule has 23 heavy (non-hydrogen) atoms. The van der Waals surface area contributed by atoms with Gasteiger partial charge < -0.3 is 10.6 Å². The normalized spacial score (nSPS) is 11.0. The number of rotatable bonds is 6. The summed E-state index contributed by atoms with van der Waals surface area (Å²) < 4.78 is 0. The van der Waals surface area contributed by atoms with E-state index in [9.17, 15) is 0 Å². The molecule has 3 nitrogen and oxygen atoms in total. The first kappa shape index (κ1) is 19.8. The quantitative estimate of drug-likeness (QED) is 0.404. The van der Waals surface area contributed by atoms with Crippen LogP contribution in [0.2, 0.25) is 0 Å². The van der Waals surface area contributed by atoms with Crippen LogP contribution in [0.1, 0.15) is 19.4 Å². The number of nitrogens with two attached hydrogens (primary N) is 1. The Labute approximate surface area is 160 Å². The molecular weight excluding hydrogens is 417 g/mol. The van der Waals surface area contributed by atoms with E-state index in [1.54, 1.807) is 11.8 Å². The van der Waals surface area contributed by atoms with Crippen LogP contribution in [0.15, 0.2) is 69.4 Å². The topological polar surface area (TPSA) is 41.6 Å². The summed E-state index contributed by atoms with van der Waals surface area (Å²) in [4.78, 5) is 9.00. The Morgan fingerprint density at radius 1 is 0.957 bits per heavy atom. The van der Waals surface area contributed by atoms with Gasteiger partial charge in [0.2, 0.25) is 0 Å². The predicted octanol–water partition coefficient (Wildman–Crippen LogP) is 4.61. The van der Waals surface area contributed by atoms with Gasteiger partial charge in [0.1, 0.15) is 0 Å². The van der Waals surface area contributed by atoms with E-state index in [4.69, 9.17) is 5.73 Å². The molecular formula is C18H24IN3S. The Balaban J connectivity index is 0.00000264. The molecule has 5 heteroatoms. The van der Waals surface area contributed by atoms with Crippen LogP contribution in [0, 0.1) is 0 Å². The van der Waals surface area contributed by atoms with Crippen LogP contribution in [-0.4, -0.2) is 23.9 Å². The van der Waals surface area contributed by atoms with Crippen molar-refractivity contribution >= 4 is 41.7 Å². The summed E-state index contributed by atoms with van der Waals surface area (Å²) in [7, 11) is 0. The second-order valence-corrected chi connectivity index (χ2v) is 6.05. The largest absolute Gasteiger partial charge is 0.370 e. The van der Waals surface area contributed by atoms with Gasteiger partial charge in [-0.15, -0.1) is 24.0 Å². The number of benzene rings is 2. The molecule has 0 aliphatic rings. The maximum absolute atomic E-state index is 5.99.